The molecule has 0 radical (unpaired) electrons. The molecular formula is C22H33F3N2O2. The molecule has 0 saturated heterocycles. The van der Waals surface area contributed by atoms with E-state index in [1.807, 2.05) is 0 Å². The number of rotatable bonds is 9. The molecule has 1 aliphatic rings. The second kappa shape index (κ2) is 10.4. The highest BCUT2D eigenvalue weighted by Crippen LogP contribution is 2.35. The number of anilines is 1. The number of halogens is 3. The highest BCUT2D eigenvalue weighted by molar-refractivity contribution is 5.97. The standard InChI is InChI=1S/C22H33F3N2O2/c1-21(26,15-28)20(29)27-18-13-12-17(19(14-18)22(23,24)25)11-7-3-6-10-16-8-4-2-5-9-16/h12-14,16,28H,2-11,15,26H2,1H3,(H,27,29)/t21-/m0/s1. The second-order valence-corrected chi connectivity index (χ2v) is 8.50. The number of nitrogens with two attached hydrogens (primary N) is 1. The number of benzene rings is 1. The van der Waals surface area contributed by atoms with E-state index in [9.17, 15) is 18.0 Å². The van der Waals surface area contributed by atoms with Crippen molar-refractivity contribution in [3.63, 3.8) is 0 Å². The van der Waals surface area contributed by atoms with Crippen molar-refractivity contribution in [3.05, 3.63) is 29.3 Å². The second-order valence-electron chi connectivity index (χ2n) is 8.50. The molecule has 1 aliphatic carbocycles. The van der Waals surface area contributed by atoms with Gasteiger partial charge in [-0.25, -0.2) is 0 Å². The number of hydrogen-bond donors (Lipinski definition) is 3. The molecule has 7 heteroatoms. The van der Waals surface area contributed by atoms with E-state index in [2.05, 4.69) is 5.32 Å². The molecule has 1 atom stereocenters. The van der Waals surface area contributed by atoms with Crippen LogP contribution in [-0.2, 0) is 17.4 Å². The lowest BCUT2D eigenvalue weighted by molar-refractivity contribution is -0.138. The SMILES string of the molecule is C[C@](N)(CO)C(=O)Nc1ccc(CCCCCC2CCCCC2)c(C(F)(F)F)c1. The van der Waals surface area contributed by atoms with Crippen LogP contribution in [0.3, 0.4) is 0 Å². The molecule has 0 spiro atoms. The van der Waals surface area contributed by atoms with Crippen molar-refractivity contribution in [3.8, 4) is 0 Å². The Morgan fingerprint density at radius 1 is 1.17 bits per heavy atom. The Balaban J connectivity index is 1.94. The molecule has 164 valence electrons. The van der Waals surface area contributed by atoms with Crippen molar-refractivity contribution in [1.29, 1.82) is 0 Å². The number of aliphatic hydroxyl groups excluding tert-OH is 1. The van der Waals surface area contributed by atoms with Crippen molar-refractivity contribution in [2.75, 3.05) is 11.9 Å². The van der Waals surface area contributed by atoms with Crippen LogP contribution in [0.5, 0.6) is 0 Å². The van der Waals surface area contributed by atoms with Crippen LogP contribution in [0.15, 0.2) is 18.2 Å². The summed E-state index contributed by atoms with van der Waals surface area (Å²) in [6, 6.07) is 3.83. The van der Waals surface area contributed by atoms with Gasteiger partial charge in [-0.1, -0.05) is 57.4 Å². The minimum atomic E-state index is -4.50. The molecule has 1 aromatic rings. The van der Waals surface area contributed by atoms with Gasteiger partial charge in [0, 0.05) is 5.69 Å². The largest absolute Gasteiger partial charge is 0.416 e. The number of aryl methyl sites for hydroxylation is 1. The van der Waals surface area contributed by atoms with Gasteiger partial charge in [0.25, 0.3) is 0 Å². The lowest BCUT2D eigenvalue weighted by Crippen LogP contribution is -2.51. The first-order valence-electron chi connectivity index (χ1n) is 10.5. The van der Waals surface area contributed by atoms with Gasteiger partial charge in [0.2, 0.25) is 5.91 Å². The van der Waals surface area contributed by atoms with Gasteiger partial charge in [-0.3, -0.25) is 4.79 Å². The zero-order chi connectivity index (χ0) is 21.5. The highest BCUT2D eigenvalue weighted by Gasteiger charge is 2.34. The maximum atomic E-state index is 13.5. The zero-order valence-electron chi connectivity index (χ0n) is 17.2. The molecule has 1 saturated carbocycles. The zero-order valence-corrected chi connectivity index (χ0v) is 17.2. The summed E-state index contributed by atoms with van der Waals surface area (Å²) < 4.78 is 40.5. The van der Waals surface area contributed by atoms with Gasteiger partial charge in [-0.2, -0.15) is 13.2 Å². The number of unbranched alkanes of at least 4 members (excludes halogenated alkanes) is 2. The molecule has 2 rings (SSSR count). The predicted octanol–water partition coefficient (Wildman–Crippen LogP) is 5.04. The fourth-order valence-electron chi connectivity index (χ4n) is 3.88. The quantitative estimate of drug-likeness (QED) is 0.496. The normalized spacial score (nSPS) is 17.7. The fourth-order valence-corrected chi connectivity index (χ4v) is 3.88. The maximum Gasteiger partial charge on any atom is 0.416 e. The smallest absolute Gasteiger partial charge is 0.394 e. The lowest BCUT2D eigenvalue weighted by Gasteiger charge is -2.22. The first-order valence-corrected chi connectivity index (χ1v) is 10.5. The van der Waals surface area contributed by atoms with Crippen LogP contribution < -0.4 is 11.1 Å². The minimum Gasteiger partial charge on any atom is -0.394 e. The summed E-state index contributed by atoms with van der Waals surface area (Å²) in [6.07, 6.45) is 6.29. The summed E-state index contributed by atoms with van der Waals surface area (Å²) in [7, 11) is 0. The number of nitrogens with one attached hydrogen (secondary N) is 1. The average molecular weight is 415 g/mol. The first-order chi connectivity index (χ1) is 13.6. The minimum absolute atomic E-state index is 0.0218. The van der Waals surface area contributed by atoms with Gasteiger partial charge in [0.15, 0.2) is 0 Å². The van der Waals surface area contributed by atoms with Crippen LogP contribution in [0.1, 0.15) is 75.8 Å². The monoisotopic (exact) mass is 414 g/mol. The third-order valence-corrected chi connectivity index (χ3v) is 5.80. The van der Waals surface area contributed by atoms with E-state index < -0.39 is 29.8 Å². The van der Waals surface area contributed by atoms with E-state index in [1.165, 1.54) is 57.6 Å². The van der Waals surface area contributed by atoms with Gasteiger partial charge in [-0.15, -0.1) is 0 Å². The van der Waals surface area contributed by atoms with Crippen molar-refractivity contribution < 1.29 is 23.1 Å². The van der Waals surface area contributed by atoms with Crippen molar-refractivity contribution >= 4 is 11.6 Å². The Hall–Kier alpha value is -1.60. The predicted molar refractivity (Wildman–Crippen MR) is 108 cm³/mol. The molecule has 4 nitrogen and oxygen atoms in total. The molecule has 0 heterocycles. The van der Waals surface area contributed by atoms with Crippen LogP contribution in [0.25, 0.3) is 0 Å². The van der Waals surface area contributed by atoms with E-state index in [0.717, 1.165) is 24.8 Å². The van der Waals surface area contributed by atoms with Crippen molar-refractivity contribution in [2.24, 2.45) is 11.7 Å². The summed E-state index contributed by atoms with van der Waals surface area (Å²) in [5, 5.41) is 11.5. The summed E-state index contributed by atoms with van der Waals surface area (Å²) in [5.74, 6) is 0.0631. The van der Waals surface area contributed by atoms with Crippen LogP contribution in [0, 0.1) is 5.92 Å². The lowest BCUT2D eigenvalue weighted by atomic mass is 9.85. The highest BCUT2D eigenvalue weighted by atomic mass is 19.4. The molecule has 1 aromatic carbocycles. The Bertz CT molecular complexity index is 669. The molecule has 29 heavy (non-hydrogen) atoms. The summed E-state index contributed by atoms with van der Waals surface area (Å²) >= 11 is 0. The van der Waals surface area contributed by atoms with E-state index >= 15 is 0 Å². The summed E-state index contributed by atoms with van der Waals surface area (Å²) in [6.45, 7) is 0.707. The number of carbonyl (C=O) groups is 1. The van der Waals surface area contributed by atoms with Crippen LogP contribution in [0.4, 0.5) is 18.9 Å². The van der Waals surface area contributed by atoms with Crippen LogP contribution in [-0.4, -0.2) is 23.2 Å². The number of carbonyl (C=O) groups excluding carboxylic acids is 1. The number of alkyl halides is 3. The summed E-state index contributed by atoms with van der Waals surface area (Å²) in [5.41, 5.74) is 3.60. The van der Waals surface area contributed by atoms with Crippen molar-refractivity contribution in [1.82, 2.24) is 0 Å². The molecular weight excluding hydrogens is 381 g/mol. The molecule has 0 aromatic heterocycles. The number of hydrogen-bond acceptors (Lipinski definition) is 3. The Labute approximate surface area is 171 Å². The van der Waals surface area contributed by atoms with Crippen LogP contribution >= 0.6 is 0 Å². The van der Waals surface area contributed by atoms with Crippen molar-refractivity contribution in [2.45, 2.75) is 82.8 Å². The van der Waals surface area contributed by atoms with E-state index in [0.29, 0.717) is 12.8 Å². The number of amides is 1. The van der Waals surface area contributed by atoms with E-state index in [1.54, 1.807) is 0 Å². The molecule has 0 unspecified atom stereocenters. The third-order valence-electron chi connectivity index (χ3n) is 5.80. The summed E-state index contributed by atoms with van der Waals surface area (Å²) in [4.78, 5) is 12.0. The van der Waals surface area contributed by atoms with E-state index in [4.69, 9.17) is 10.8 Å². The molecule has 1 fully saturated rings. The van der Waals surface area contributed by atoms with Gasteiger partial charge in [0.1, 0.15) is 5.54 Å². The van der Waals surface area contributed by atoms with Gasteiger partial charge >= 0.3 is 6.18 Å². The first kappa shape index (κ1) is 23.7. The topological polar surface area (TPSA) is 75.3 Å². The number of aliphatic hydroxyl groups is 1. The average Bonchev–Trinajstić information content (AvgIpc) is 2.68. The van der Waals surface area contributed by atoms with E-state index in [-0.39, 0.29) is 11.3 Å². The Morgan fingerprint density at radius 2 is 1.86 bits per heavy atom. The maximum absolute atomic E-state index is 13.5. The third kappa shape index (κ3) is 7.30. The van der Waals surface area contributed by atoms with Gasteiger partial charge < -0.3 is 16.2 Å². The van der Waals surface area contributed by atoms with Gasteiger partial charge in [0.05, 0.1) is 12.2 Å². The Morgan fingerprint density at radius 3 is 2.48 bits per heavy atom. The molecule has 0 bridgehead atoms. The van der Waals surface area contributed by atoms with Crippen LogP contribution in [0.2, 0.25) is 0 Å². The molecule has 4 N–H and O–H groups in total. The van der Waals surface area contributed by atoms with Gasteiger partial charge in [-0.05, 0) is 43.4 Å². The Kier molecular flexibility index (Phi) is 8.52. The molecule has 0 aliphatic heterocycles. The fraction of sp³-hybridized carbons (Fsp3) is 0.682. The molecule has 1 amide bonds.